The van der Waals surface area contributed by atoms with Gasteiger partial charge in [-0.1, -0.05) is 38.5 Å². The first-order chi connectivity index (χ1) is 10.4. The Bertz CT molecular complexity index is 480. The molecule has 128 valence electrons. The predicted octanol–water partition coefficient (Wildman–Crippen LogP) is 1.96. The van der Waals surface area contributed by atoms with Gasteiger partial charge in [-0.2, -0.15) is 17.4 Å². The molecule has 7 heteroatoms. The van der Waals surface area contributed by atoms with Crippen LogP contribution in [0.3, 0.4) is 0 Å². The van der Waals surface area contributed by atoms with Gasteiger partial charge in [-0.3, -0.25) is 4.79 Å². The maximum atomic E-state index is 12.7. The standard InChI is InChI=1S/C15H28N2O4S/c1-17(13-9-5-3-6-10-13)22(19,20)16-15(14(18)21-2)11-7-4-8-12-15/h13,16H,3-12H2,1-2H3. The van der Waals surface area contributed by atoms with Crippen molar-refractivity contribution in [1.29, 1.82) is 0 Å². The smallest absolute Gasteiger partial charge is 0.327 e. The minimum atomic E-state index is -3.69. The lowest BCUT2D eigenvalue weighted by Gasteiger charge is -2.38. The molecule has 1 N–H and O–H groups in total. The van der Waals surface area contributed by atoms with Gasteiger partial charge in [0, 0.05) is 13.1 Å². The van der Waals surface area contributed by atoms with Crippen LogP contribution >= 0.6 is 0 Å². The van der Waals surface area contributed by atoms with Crippen molar-refractivity contribution in [3.8, 4) is 0 Å². The third-order valence-corrected chi connectivity index (χ3v) is 6.78. The molecule has 0 amide bonds. The Morgan fingerprint density at radius 1 is 1.09 bits per heavy atom. The van der Waals surface area contributed by atoms with Gasteiger partial charge in [0.15, 0.2) is 0 Å². The van der Waals surface area contributed by atoms with Gasteiger partial charge >= 0.3 is 5.97 Å². The van der Waals surface area contributed by atoms with Crippen LogP contribution in [-0.2, 0) is 19.7 Å². The molecule has 0 aromatic rings. The van der Waals surface area contributed by atoms with Crippen molar-refractivity contribution in [2.45, 2.75) is 75.8 Å². The highest BCUT2D eigenvalue weighted by Crippen LogP contribution is 2.31. The zero-order chi connectivity index (χ0) is 16.2. The molecule has 0 aliphatic heterocycles. The average molecular weight is 332 g/mol. The molecule has 0 radical (unpaired) electrons. The van der Waals surface area contributed by atoms with Crippen molar-refractivity contribution >= 4 is 16.2 Å². The van der Waals surface area contributed by atoms with Crippen molar-refractivity contribution in [2.24, 2.45) is 0 Å². The van der Waals surface area contributed by atoms with Crippen LogP contribution in [-0.4, -0.2) is 44.4 Å². The number of rotatable bonds is 5. The summed E-state index contributed by atoms with van der Waals surface area (Å²) in [5, 5.41) is 0. The number of carbonyl (C=O) groups excluding carboxylic acids is 1. The number of nitrogens with zero attached hydrogens (tertiary/aromatic N) is 1. The molecule has 22 heavy (non-hydrogen) atoms. The van der Waals surface area contributed by atoms with E-state index in [-0.39, 0.29) is 6.04 Å². The number of nitrogens with one attached hydrogen (secondary N) is 1. The Labute approximate surface area is 133 Å². The molecule has 0 bridgehead atoms. The molecule has 2 aliphatic rings. The second-order valence-corrected chi connectivity index (χ2v) is 8.28. The first-order valence-corrected chi connectivity index (χ1v) is 9.71. The van der Waals surface area contributed by atoms with Crippen molar-refractivity contribution in [2.75, 3.05) is 14.2 Å². The first kappa shape index (κ1) is 17.7. The highest BCUT2D eigenvalue weighted by atomic mass is 32.2. The van der Waals surface area contributed by atoms with Crippen LogP contribution in [0.2, 0.25) is 0 Å². The summed E-state index contributed by atoms with van der Waals surface area (Å²) >= 11 is 0. The summed E-state index contributed by atoms with van der Waals surface area (Å²) in [6, 6.07) is 0.0320. The monoisotopic (exact) mass is 332 g/mol. The van der Waals surface area contributed by atoms with Crippen LogP contribution in [0.4, 0.5) is 0 Å². The van der Waals surface area contributed by atoms with E-state index in [4.69, 9.17) is 4.74 Å². The first-order valence-electron chi connectivity index (χ1n) is 8.27. The fourth-order valence-electron chi connectivity index (χ4n) is 3.66. The SMILES string of the molecule is COC(=O)C1(NS(=O)(=O)N(C)C2CCCCC2)CCCCC1. The van der Waals surface area contributed by atoms with Gasteiger partial charge in [-0.05, 0) is 25.7 Å². The van der Waals surface area contributed by atoms with E-state index in [1.165, 1.54) is 17.8 Å². The second-order valence-electron chi connectivity index (χ2n) is 6.55. The Morgan fingerprint density at radius 2 is 1.64 bits per heavy atom. The maximum Gasteiger partial charge on any atom is 0.327 e. The van der Waals surface area contributed by atoms with E-state index in [0.717, 1.165) is 44.9 Å². The average Bonchev–Trinajstić information content (AvgIpc) is 2.54. The highest BCUT2D eigenvalue weighted by Gasteiger charge is 2.45. The Morgan fingerprint density at radius 3 is 2.18 bits per heavy atom. The lowest BCUT2D eigenvalue weighted by molar-refractivity contribution is -0.149. The molecule has 0 unspecified atom stereocenters. The lowest BCUT2D eigenvalue weighted by Crippen LogP contribution is -2.59. The Hall–Kier alpha value is -0.660. The highest BCUT2D eigenvalue weighted by molar-refractivity contribution is 7.87. The van der Waals surface area contributed by atoms with Crippen LogP contribution in [0, 0.1) is 0 Å². The van der Waals surface area contributed by atoms with Gasteiger partial charge < -0.3 is 4.74 Å². The molecule has 0 heterocycles. The maximum absolute atomic E-state index is 12.7. The van der Waals surface area contributed by atoms with E-state index in [2.05, 4.69) is 4.72 Å². The summed E-state index contributed by atoms with van der Waals surface area (Å²) in [4.78, 5) is 12.2. The molecule has 0 aromatic carbocycles. The van der Waals surface area contributed by atoms with Gasteiger partial charge in [0.25, 0.3) is 10.2 Å². The molecule has 2 saturated carbocycles. The number of hydrogen-bond acceptors (Lipinski definition) is 4. The fraction of sp³-hybridized carbons (Fsp3) is 0.933. The third-order valence-electron chi connectivity index (χ3n) is 5.08. The van der Waals surface area contributed by atoms with Gasteiger partial charge in [-0.15, -0.1) is 0 Å². The van der Waals surface area contributed by atoms with Crippen LogP contribution < -0.4 is 4.72 Å². The van der Waals surface area contributed by atoms with Crippen molar-refractivity contribution in [1.82, 2.24) is 9.03 Å². The number of carbonyl (C=O) groups is 1. The van der Waals surface area contributed by atoms with E-state index < -0.39 is 21.7 Å². The van der Waals surface area contributed by atoms with Gasteiger partial charge in [0.2, 0.25) is 0 Å². The number of methoxy groups -OCH3 is 1. The van der Waals surface area contributed by atoms with Gasteiger partial charge in [0.1, 0.15) is 5.54 Å². The van der Waals surface area contributed by atoms with Crippen molar-refractivity contribution in [3.05, 3.63) is 0 Å². The summed E-state index contributed by atoms with van der Waals surface area (Å²) < 4.78 is 34.4. The fourth-order valence-corrected chi connectivity index (χ4v) is 5.19. The van der Waals surface area contributed by atoms with Gasteiger partial charge in [0.05, 0.1) is 7.11 Å². The summed E-state index contributed by atoms with van der Waals surface area (Å²) in [7, 11) is -0.756. The quantitative estimate of drug-likeness (QED) is 0.781. The lowest BCUT2D eigenvalue weighted by atomic mass is 9.83. The summed E-state index contributed by atoms with van der Waals surface area (Å²) in [5.41, 5.74) is -1.09. The van der Waals surface area contributed by atoms with Crippen LogP contribution in [0.5, 0.6) is 0 Å². The normalized spacial score (nSPS) is 23.4. The van der Waals surface area contributed by atoms with Crippen LogP contribution in [0.1, 0.15) is 64.2 Å². The Kier molecular flexibility index (Phi) is 5.85. The summed E-state index contributed by atoms with van der Waals surface area (Å²) in [6.45, 7) is 0. The third kappa shape index (κ3) is 3.81. The van der Waals surface area contributed by atoms with Gasteiger partial charge in [-0.25, -0.2) is 0 Å². The molecule has 0 spiro atoms. The Balaban J connectivity index is 2.14. The van der Waals surface area contributed by atoms with E-state index >= 15 is 0 Å². The van der Waals surface area contributed by atoms with E-state index in [0.29, 0.717) is 12.8 Å². The molecule has 0 aromatic heterocycles. The second kappa shape index (κ2) is 7.27. The molecule has 2 aliphatic carbocycles. The van der Waals surface area contributed by atoms with Crippen molar-refractivity contribution < 1.29 is 17.9 Å². The summed E-state index contributed by atoms with van der Waals surface area (Å²) in [5.74, 6) is -0.465. The predicted molar refractivity (Wildman–Crippen MR) is 84.5 cm³/mol. The molecular formula is C15H28N2O4S. The summed E-state index contributed by atoms with van der Waals surface area (Å²) in [6.07, 6.45) is 8.80. The number of esters is 1. The number of hydrogen-bond donors (Lipinski definition) is 1. The molecule has 0 atom stereocenters. The van der Waals surface area contributed by atoms with Crippen LogP contribution in [0.25, 0.3) is 0 Å². The largest absolute Gasteiger partial charge is 0.468 e. The molecule has 2 fully saturated rings. The van der Waals surface area contributed by atoms with Crippen LogP contribution in [0.15, 0.2) is 0 Å². The molecule has 6 nitrogen and oxygen atoms in total. The topological polar surface area (TPSA) is 75.7 Å². The zero-order valence-electron chi connectivity index (χ0n) is 13.6. The number of ether oxygens (including phenoxy) is 1. The zero-order valence-corrected chi connectivity index (χ0v) is 14.5. The molecule has 0 saturated heterocycles. The van der Waals surface area contributed by atoms with E-state index in [9.17, 15) is 13.2 Å². The minimum Gasteiger partial charge on any atom is -0.468 e. The minimum absolute atomic E-state index is 0.0320. The van der Waals surface area contributed by atoms with E-state index in [1.807, 2.05) is 0 Å². The van der Waals surface area contributed by atoms with E-state index in [1.54, 1.807) is 7.05 Å². The van der Waals surface area contributed by atoms with Crippen molar-refractivity contribution in [3.63, 3.8) is 0 Å². The molecular weight excluding hydrogens is 304 g/mol. The molecule has 2 rings (SSSR count).